The highest BCUT2D eigenvalue weighted by molar-refractivity contribution is 6.42. The summed E-state index contributed by atoms with van der Waals surface area (Å²) in [6, 6.07) is 4.99. The number of carbonyl (C=O) groups is 1. The number of carbonyl (C=O) groups excluding carboxylic acids is 1. The van der Waals surface area contributed by atoms with Gasteiger partial charge < -0.3 is 15.0 Å². The molecule has 0 aromatic heterocycles. The third-order valence-electron chi connectivity index (χ3n) is 3.20. The average Bonchev–Trinajstić information content (AvgIpc) is 2.71. The summed E-state index contributed by atoms with van der Waals surface area (Å²) < 4.78 is 5.65. The molecule has 0 aliphatic carbocycles. The summed E-state index contributed by atoms with van der Waals surface area (Å²) in [5.41, 5.74) is 0. The lowest BCUT2D eigenvalue weighted by Gasteiger charge is -2.24. The molecular weight excluding hydrogens is 299 g/mol. The second-order valence-electron chi connectivity index (χ2n) is 4.76. The van der Waals surface area contributed by atoms with Crippen LogP contribution in [0.1, 0.15) is 13.3 Å². The maximum Gasteiger partial charge on any atom is 0.263 e. The first-order chi connectivity index (χ1) is 9.58. The summed E-state index contributed by atoms with van der Waals surface area (Å²) in [5, 5.41) is 4.16. The fourth-order valence-electron chi connectivity index (χ4n) is 2.13. The molecule has 1 atom stereocenters. The lowest BCUT2D eigenvalue weighted by Crippen LogP contribution is -2.42. The van der Waals surface area contributed by atoms with Gasteiger partial charge in [-0.25, -0.2) is 0 Å². The minimum atomic E-state index is -0.537. The Bertz CT molecular complexity index is 474. The molecule has 0 spiro atoms. The van der Waals surface area contributed by atoms with Crippen molar-refractivity contribution >= 4 is 29.1 Å². The van der Waals surface area contributed by atoms with Gasteiger partial charge in [-0.15, -0.1) is 0 Å². The molecule has 0 radical (unpaired) electrons. The Kier molecular flexibility index (Phi) is 5.52. The van der Waals surface area contributed by atoms with Crippen molar-refractivity contribution in [3.05, 3.63) is 28.2 Å². The molecule has 0 saturated carbocycles. The van der Waals surface area contributed by atoms with Gasteiger partial charge in [0.15, 0.2) is 6.10 Å². The van der Waals surface area contributed by atoms with Crippen molar-refractivity contribution in [3.63, 3.8) is 0 Å². The lowest BCUT2D eigenvalue weighted by atomic mass is 10.3. The van der Waals surface area contributed by atoms with Gasteiger partial charge in [-0.3, -0.25) is 4.79 Å². The van der Waals surface area contributed by atoms with Crippen molar-refractivity contribution in [1.82, 2.24) is 10.2 Å². The number of nitrogens with zero attached hydrogens (tertiary/aromatic N) is 1. The Hall–Kier alpha value is -0.970. The molecule has 1 saturated heterocycles. The zero-order chi connectivity index (χ0) is 14.5. The number of amides is 1. The van der Waals surface area contributed by atoms with Crippen LogP contribution in [0, 0.1) is 0 Å². The van der Waals surface area contributed by atoms with Crippen LogP contribution in [0.4, 0.5) is 0 Å². The number of rotatable bonds is 3. The fraction of sp³-hybridized carbons (Fsp3) is 0.500. The average molecular weight is 317 g/mol. The Morgan fingerprint density at radius 2 is 2.10 bits per heavy atom. The van der Waals surface area contributed by atoms with Gasteiger partial charge in [-0.2, -0.15) is 0 Å². The van der Waals surface area contributed by atoms with E-state index in [9.17, 15) is 4.79 Å². The zero-order valence-electron chi connectivity index (χ0n) is 11.4. The molecule has 110 valence electrons. The fourth-order valence-corrected chi connectivity index (χ4v) is 2.42. The number of hydrogen-bond acceptors (Lipinski definition) is 3. The van der Waals surface area contributed by atoms with Gasteiger partial charge in [0.1, 0.15) is 5.75 Å². The Balaban J connectivity index is 1.97. The first kappa shape index (κ1) is 15.4. The topological polar surface area (TPSA) is 41.6 Å². The first-order valence-corrected chi connectivity index (χ1v) is 7.45. The number of nitrogens with one attached hydrogen (secondary N) is 1. The minimum Gasteiger partial charge on any atom is -0.481 e. The van der Waals surface area contributed by atoms with Crippen molar-refractivity contribution in [2.45, 2.75) is 19.4 Å². The molecular formula is C14H18Cl2N2O2. The normalized spacial score (nSPS) is 17.4. The van der Waals surface area contributed by atoms with Crippen LogP contribution < -0.4 is 10.1 Å². The Labute approximate surface area is 129 Å². The molecule has 1 aromatic rings. The number of halogens is 2. The maximum absolute atomic E-state index is 12.3. The van der Waals surface area contributed by atoms with E-state index in [1.54, 1.807) is 25.1 Å². The molecule has 1 aliphatic rings. The van der Waals surface area contributed by atoms with E-state index >= 15 is 0 Å². The summed E-state index contributed by atoms with van der Waals surface area (Å²) in [6.07, 6.45) is 0.427. The van der Waals surface area contributed by atoms with Crippen LogP contribution in [-0.2, 0) is 4.79 Å². The quantitative estimate of drug-likeness (QED) is 0.932. The van der Waals surface area contributed by atoms with Crippen LogP contribution in [0.5, 0.6) is 5.75 Å². The van der Waals surface area contributed by atoms with E-state index in [2.05, 4.69) is 5.32 Å². The van der Waals surface area contributed by atoms with Crippen LogP contribution in [0.3, 0.4) is 0 Å². The summed E-state index contributed by atoms with van der Waals surface area (Å²) >= 11 is 11.8. The molecule has 4 nitrogen and oxygen atoms in total. The second-order valence-corrected chi connectivity index (χ2v) is 5.58. The van der Waals surface area contributed by atoms with Crippen molar-refractivity contribution < 1.29 is 9.53 Å². The van der Waals surface area contributed by atoms with Crippen LogP contribution in [0.15, 0.2) is 18.2 Å². The van der Waals surface area contributed by atoms with Crippen LogP contribution in [0.2, 0.25) is 10.0 Å². The number of hydrogen-bond donors (Lipinski definition) is 1. The Morgan fingerprint density at radius 3 is 2.85 bits per heavy atom. The van der Waals surface area contributed by atoms with Gasteiger partial charge in [0.2, 0.25) is 0 Å². The SMILES string of the molecule is CC(Oc1ccc(Cl)c(Cl)c1)C(=O)N1CCCNCC1. The van der Waals surface area contributed by atoms with E-state index in [4.69, 9.17) is 27.9 Å². The van der Waals surface area contributed by atoms with E-state index in [-0.39, 0.29) is 5.91 Å². The highest BCUT2D eigenvalue weighted by Crippen LogP contribution is 2.27. The molecule has 1 aliphatic heterocycles. The van der Waals surface area contributed by atoms with E-state index in [0.717, 1.165) is 26.1 Å². The maximum atomic E-state index is 12.3. The summed E-state index contributed by atoms with van der Waals surface area (Å²) in [5.74, 6) is 0.549. The Morgan fingerprint density at radius 1 is 1.30 bits per heavy atom. The molecule has 6 heteroatoms. The third kappa shape index (κ3) is 4.01. The van der Waals surface area contributed by atoms with Crippen molar-refractivity contribution in [3.8, 4) is 5.75 Å². The van der Waals surface area contributed by atoms with Crippen LogP contribution in [0.25, 0.3) is 0 Å². The second kappa shape index (κ2) is 7.16. The van der Waals surface area contributed by atoms with Crippen LogP contribution in [-0.4, -0.2) is 43.1 Å². The predicted octanol–water partition coefficient (Wildman–Crippen LogP) is 2.58. The van der Waals surface area contributed by atoms with Crippen molar-refractivity contribution in [2.75, 3.05) is 26.2 Å². The predicted molar refractivity (Wildman–Crippen MR) is 80.6 cm³/mol. The molecule has 2 rings (SSSR count). The van der Waals surface area contributed by atoms with E-state index in [1.165, 1.54) is 0 Å². The van der Waals surface area contributed by atoms with E-state index in [0.29, 0.717) is 22.3 Å². The van der Waals surface area contributed by atoms with E-state index in [1.807, 2.05) is 4.90 Å². The van der Waals surface area contributed by atoms with E-state index < -0.39 is 6.10 Å². The summed E-state index contributed by atoms with van der Waals surface area (Å²) in [6.45, 7) is 5.01. The highest BCUT2D eigenvalue weighted by Gasteiger charge is 2.22. The lowest BCUT2D eigenvalue weighted by molar-refractivity contribution is -0.137. The molecule has 0 bridgehead atoms. The van der Waals surface area contributed by atoms with Crippen molar-refractivity contribution in [1.29, 1.82) is 0 Å². The molecule has 20 heavy (non-hydrogen) atoms. The largest absolute Gasteiger partial charge is 0.481 e. The van der Waals surface area contributed by atoms with Gasteiger partial charge >= 0.3 is 0 Å². The smallest absolute Gasteiger partial charge is 0.263 e. The highest BCUT2D eigenvalue weighted by atomic mass is 35.5. The number of benzene rings is 1. The van der Waals surface area contributed by atoms with Gasteiger partial charge in [0.25, 0.3) is 5.91 Å². The molecule has 1 amide bonds. The van der Waals surface area contributed by atoms with Crippen LogP contribution >= 0.6 is 23.2 Å². The number of ether oxygens (including phenoxy) is 1. The summed E-state index contributed by atoms with van der Waals surface area (Å²) in [4.78, 5) is 14.2. The molecule has 1 heterocycles. The molecule has 1 unspecified atom stereocenters. The van der Waals surface area contributed by atoms with Gasteiger partial charge in [0, 0.05) is 25.7 Å². The summed E-state index contributed by atoms with van der Waals surface area (Å²) in [7, 11) is 0. The van der Waals surface area contributed by atoms with Gasteiger partial charge in [0.05, 0.1) is 10.0 Å². The molecule has 1 fully saturated rings. The molecule has 1 N–H and O–H groups in total. The standard InChI is InChI=1S/C14H18Cl2N2O2/c1-10(14(19)18-7-2-5-17-6-8-18)20-11-3-4-12(15)13(16)9-11/h3-4,9-10,17H,2,5-8H2,1H3. The van der Waals surface area contributed by atoms with Gasteiger partial charge in [-0.05, 0) is 32.0 Å². The first-order valence-electron chi connectivity index (χ1n) is 6.69. The minimum absolute atomic E-state index is 0.000211. The zero-order valence-corrected chi connectivity index (χ0v) is 12.9. The third-order valence-corrected chi connectivity index (χ3v) is 3.94. The van der Waals surface area contributed by atoms with Gasteiger partial charge in [-0.1, -0.05) is 23.2 Å². The molecule has 1 aromatic carbocycles. The monoisotopic (exact) mass is 316 g/mol. The van der Waals surface area contributed by atoms with Crippen molar-refractivity contribution in [2.24, 2.45) is 0 Å².